The summed E-state index contributed by atoms with van der Waals surface area (Å²) in [5.74, 6) is -1.24. The maximum absolute atomic E-state index is 12.4. The molecule has 7 heteroatoms. The van der Waals surface area contributed by atoms with Gasteiger partial charge in [-0.15, -0.1) is 0 Å². The molecule has 0 spiro atoms. The fourth-order valence-corrected chi connectivity index (χ4v) is 2.81. The van der Waals surface area contributed by atoms with Crippen LogP contribution in [0.5, 0.6) is 0 Å². The van der Waals surface area contributed by atoms with E-state index in [0.29, 0.717) is 18.7 Å². The third-order valence-corrected chi connectivity index (χ3v) is 3.95. The van der Waals surface area contributed by atoms with Crippen LogP contribution in [0.1, 0.15) is 12.1 Å². The number of imidazole rings is 1. The van der Waals surface area contributed by atoms with E-state index in [2.05, 4.69) is 4.98 Å². The number of rotatable bonds is 4. The molecule has 1 fully saturated rings. The molecule has 116 valence electrons. The van der Waals surface area contributed by atoms with Gasteiger partial charge in [0.05, 0.1) is 18.2 Å². The van der Waals surface area contributed by atoms with Crippen molar-refractivity contribution in [3.8, 4) is 0 Å². The molecule has 0 aromatic carbocycles. The number of aliphatic carboxylic acids is 1. The van der Waals surface area contributed by atoms with Crippen LogP contribution >= 0.6 is 0 Å². The molecule has 1 amide bonds. The molecule has 1 aliphatic rings. The van der Waals surface area contributed by atoms with Gasteiger partial charge in [-0.2, -0.15) is 0 Å². The summed E-state index contributed by atoms with van der Waals surface area (Å²) < 4.78 is 7.03. The molecule has 0 radical (unpaired) electrons. The second-order valence-corrected chi connectivity index (χ2v) is 5.37. The van der Waals surface area contributed by atoms with Gasteiger partial charge in [0.2, 0.25) is 5.91 Å². The summed E-state index contributed by atoms with van der Waals surface area (Å²) in [5, 5.41) is 9.26. The number of ether oxygens (including phenoxy) is 1. The first-order chi connectivity index (χ1) is 10.6. The Hall–Kier alpha value is -2.41. The zero-order valence-corrected chi connectivity index (χ0v) is 12.2. The molecule has 0 bridgehead atoms. The molecule has 2 unspecified atom stereocenters. The molecule has 22 heavy (non-hydrogen) atoms. The highest BCUT2D eigenvalue weighted by Crippen LogP contribution is 2.21. The molecule has 0 saturated carbocycles. The van der Waals surface area contributed by atoms with Gasteiger partial charge < -0.3 is 19.1 Å². The summed E-state index contributed by atoms with van der Waals surface area (Å²) in [6.07, 6.45) is 3.82. The minimum atomic E-state index is -0.997. The van der Waals surface area contributed by atoms with E-state index in [1.54, 1.807) is 6.20 Å². The molecule has 2 aromatic rings. The average molecular weight is 303 g/mol. The van der Waals surface area contributed by atoms with Crippen LogP contribution in [0.3, 0.4) is 0 Å². The smallest absolute Gasteiger partial charge is 0.326 e. The van der Waals surface area contributed by atoms with Crippen molar-refractivity contribution >= 4 is 17.5 Å². The second-order valence-electron chi connectivity index (χ2n) is 5.37. The van der Waals surface area contributed by atoms with Crippen molar-refractivity contribution in [2.45, 2.75) is 25.0 Å². The van der Waals surface area contributed by atoms with Gasteiger partial charge in [-0.05, 0) is 12.1 Å². The molecule has 2 atom stereocenters. The van der Waals surface area contributed by atoms with Crippen LogP contribution in [-0.2, 0) is 20.7 Å². The van der Waals surface area contributed by atoms with E-state index >= 15 is 0 Å². The number of aromatic nitrogens is 2. The van der Waals surface area contributed by atoms with Gasteiger partial charge in [-0.25, -0.2) is 9.78 Å². The van der Waals surface area contributed by atoms with Crippen molar-refractivity contribution in [3.63, 3.8) is 0 Å². The number of fused-ring (bicyclic) bond motifs is 1. The van der Waals surface area contributed by atoms with Crippen LogP contribution in [0.4, 0.5) is 0 Å². The monoisotopic (exact) mass is 303 g/mol. The summed E-state index contributed by atoms with van der Waals surface area (Å²) in [5.41, 5.74) is 1.39. The van der Waals surface area contributed by atoms with Gasteiger partial charge in [0.25, 0.3) is 0 Å². The van der Waals surface area contributed by atoms with Crippen LogP contribution in [0.15, 0.2) is 30.6 Å². The van der Waals surface area contributed by atoms with E-state index in [1.165, 1.54) is 12.0 Å². The number of carbonyl (C=O) groups excluding carboxylic acids is 1. The molecule has 1 N–H and O–H groups in total. The maximum atomic E-state index is 12.4. The fourth-order valence-electron chi connectivity index (χ4n) is 2.81. The molecule has 0 aliphatic carbocycles. The van der Waals surface area contributed by atoms with E-state index in [4.69, 9.17) is 4.74 Å². The lowest BCUT2D eigenvalue weighted by Gasteiger charge is -2.20. The summed E-state index contributed by atoms with van der Waals surface area (Å²) in [6, 6.07) is 4.78. The Balaban J connectivity index is 1.76. The number of methoxy groups -OCH3 is 1. The van der Waals surface area contributed by atoms with Crippen molar-refractivity contribution in [1.82, 2.24) is 14.3 Å². The Morgan fingerprint density at radius 2 is 2.27 bits per heavy atom. The molecule has 1 aliphatic heterocycles. The van der Waals surface area contributed by atoms with Crippen LogP contribution < -0.4 is 0 Å². The number of hydrogen-bond donors (Lipinski definition) is 1. The number of carbonyl (C=O) groups is 2. The van der Waals surface area contributed by atoms with Crippen LogP contribution in [-0.4, -0.2) is 57.1 Å². The molecular formula is C15H17N3O4. The van der Waals surface area contributed by atoms with Gasteiger partial charge in [0, 0.05) is 32.5 Å². The lowest BCUT2D eigenvalue weighted by Crippen LogP contribution is -2.41. The Morgan fingerprint density at radius 1 is 1.45 bits per heavy atom. The number of hydrogen-bond acceptors (Lipinski definition) is 4. The fraction of sp³-hybridized carbons (Fsp3) is 0.400. The first kappa shape index (κ1) is 14.5. The van der Waals surface area contributed by atoms with E-state index in [0.717, 1.165) is 5.65 Å². The van der Waals surface area contributed by atoms with Crippen molar-refractivity contribution in [1.29, 1.82) is 0 Å². The topological polar surface area (TPSA) is 84.1 Å². The third-order valence-electron chi connectivity index (χ3n) is 3.95. The molecule has 7 nitrogen and oxygen atoms in total. The summed E-state index contributed by atoms with van der Waals surface area (Å²) in [7, 11) is 1.53. The predicted molar refractivity (Wildman–Crippen MR) is 77.4 cm³/mol. The van der Waals surface area contributed by atoms with Crippen molar-refractivity contribution < 1.29 is 19.4 Å². The number of carboxylic acids is 1. The third kappa shape index (κ3) is 2.67. The lowest BCUT2D eigenvalue weighted by atomic mass is 10.2. The summed E-state index contributed by atoms with van der Waals surface area (Å²) in [6.45, 7) is 0.305. The SMILES string of the molecule is COC1CC(C(=O)O)N(C(=O)Cc2cn3ccccc3n2)C1. The number of pyridine rings is 1. The molecule has 1 saturated heterocycles. The Labute approximate surface area is 127 Å². The first-order valence-electron chi connectivity index (χ1n) is 7.06. The molecule has 2 aromatic heterocycles. The number of carboxylic acid groups (broad SMARTS) is 1. The zero-order valence-electron chi connectivity index (χ0n) is 12.2. The van der Waals surface area contributed by atoms with Gasteiger partial charge in [0.1, 0.15) is 11.7 Å². The Bertz CT molecular complexity index is 679. The van der Waals surface area contributed by atoms with Gasteiger partial charge in [-0.3, -0.25) is 4.79 Å². The van der Waals surface area contributed by atoms with Gasteiger partial charge in [-0.1, -0.05) is 6.07 Å². The van der Waals surface area contributed by atoms with Crippen molar-refractivity contribution in [2.24, 2.45) is 0 Å². The highest BCUT2D eigenvalue weighted by Gasteiger charge is 2.39. The predicted octanol–water partition coefficient (Wildman–Crippen LogP) is 0.577. The van der Waals surface area contributed by atoms with E-state index in [-0.39, 0.29) is 18.4 Å². The molecule has 3 rings (SSSR count). The molecular weight excluding hydrogens is 286 g/mol. The summed E-state index contributed by atoms with van der Waals surface area (Å²) in [4.78, 5) is 29.5. The minimum absolute atomic E-state index is 0.0852. The van der Waals surface area contributed by atoms with Gasteiger partial charge in [0.15, 0.2) is 0 Å². The van der Waals surface area contributed by atoms with E-state index in [1.807, 2.05) is 28.8 Å². The van der Waals surface area contributed by atoms with Crippen molar-refractivity contribution in [2.75, 3.05) is 13.7 Å². The number of amides is 1. The standard InChI is InChI=1S/C15H17N3O4/c1-22-11-7-12(15(20)21)18(9-11)14(19)6-10-8-17-5-3-2-4-13(17)16-10/h2-5,8,11-12H,6-7,9H2,1H3,(H,20,21). The maximum Gasteiger partial charge on any atom is 0.326 e. The highest BCUT2D eigenvalue weighted by atomic mass is 16.5. The Kier molecular flexibility index (Phi) is 3.81. The minimum Gasteiger partial charge on any atom is -0.480 e. The largest absolute Gasteiger partial charge is 0.480 e. The quantitative estimate of drug-likeness (QED) is 0.893. The number of nitrogens with zero attached hydrogens (tertiary/aromatic N) is 3. The highest BCUT2D eigenvalue weighted by molar-refractivity contribution is 5.85. The molecule has 3 heterocycles. The average Bonchev–Trinajstić information content (AvgIpc) is 3.10. The Morgan fingerprint density at radius 3 is 2.95 bits per heavy atom. The van der Waals surface area contributed by atoms with Gasteiger partial charge >= 0.3 is 5.97 Å². The van der Waals surface area contributed by atoms with E-state index in [9.17, 15) is 14.7 Å². The van der Waals surface area contributed by atoms with Crippen LogP contribution in [0, 0.1) is 0 Å². The summed E-state index contributed by atoms with van der Waals surface area (Å²) >= 11 is 0. The van der Waals surface area contributed by atoms with Crippen LogP contribution in [0.25, 0.3) is 5.65 Å². The number of likely N-dealkylation sites (tertiary alicyclic amines) is 1. The normalized spacial score (nSPS) is 21.4. The lowest BCUT2D eigenvalue weighted by molar-refractivity contribution is -0.148. The zero-order chi connectivity index (χ0) is 15.7. The first-order valence-corrected chi connectivity index (χ1v) is 7.06. The second kappa shape index (κ2) is 5.76. The van der Waals surface area contributed by atoms with E-state index < -0.39 is 12.0 Å². The van der Waals surface area contributed by atoms with Crippen LogP contribution in [0.2, 0.25) is 0 Å². The van der Waals surface area contributed by atoms with Crippen molar-refractivity contribution in [3.05, 3.63) is 36.3 Å².